The van der Waals surface area contributed by atoms with Crippen molar-refractivity contribution in [2.45, 2.75) is 20.4 Å². The maximum atomic E-state index is 14.2. The van der Waals surface area contributed by atoms with Gasteiger partial charge in [-0.25, -0.2) is 8.78 Å². The molecule has 0 bridgehead atoms. The van der Waals surface area contributed by atoms with Crippen molar-refractivity contribution in [2.75, 3.05) is 13.1 Å². The Morgan fingerprint density at radius 2 is 1.50 bits per heavy atom. The molecule has 20 heavy (non-hydrogen) atoms. The topological polar surface area (TPSA) is 3.24 Å². The first kappa shape index (κ1) is 14.7. The summed E-state index contributed by atoms with van der Waals surface area (Å²) in [6, 6.07) is 12.4. The van der Waals surface area contributed by atoms with Crippen LogP contribution >= 0.6 is 0 Å². The van der Waals surface area contributed by atoms with Crippen molar-refractivity contribution < 1.29 is 8.78 Å². The molecule has 0 saturated heterocycles. The largest absolute Gasteiger partial charge is 0.300 e. The van der Waals surface area contributed by atoms with E-state index < -0.39 is 11.6 Å². The van der Waals surface area contributed by atoms with Gasteiger partial charge < -0.3 is 0 Å². The van der Waals surface area contributed by atoms with Crippen LogP contribution in [0.2, 0.25) is 0 Å². The molecule has 0 radical (unpaired) electrons. The highest BCUT2D eigenvalue weighted by Gasteiger charge is 2.15. The van der Waals surface area contributed by atoms with E-state index in [9.17, 15) is 8.78 Å². The number of nitrogens with zero attached hydrogens (tertiary/aromatic N) is 1. The fourth-order valence-electron chi connectivity index (χ4n) is 2.24. The third kappa shape index (κ3) is 3.05. The van der Waals surface area contributed by atoms with Crippen LogP contribution in [0.25, 0.3) is 11.1 Å². The van der Waals surface area contributed by atoms with Crippen LogP contribution in [0.3, 0.4) is 0 Å². The Hall–Kier alpha value is -1.74. The average molecular weight is 275 g/mol. The molecule has 0 heterocycles. The SMILES string of the molecule is CCN(CC)Cc1ccc(-c2ccccc2)c(F)c1F. The van der Waals surface area contributed by atoms with Crippen molar-refractivity contribution in [3.8, 4) is 11.1 Å². The molecule has 0 fully saturated rings. The van der Waals surface area contributed by atoms with Gasteiger partial charge in [-0.3, -0.25) is 4.90 Å². The molecule has 106 valence electrons. The quantitative estimate of drug-likeness (QED) is 0.778. The summed E-state index contributed by atoms with van der Waals surface area (Å²) in [5.41, 5.74) is 1.41. The van der Waals surface area contributed by atoms with Crippen molar-refractivity contribution in [1.29, 1.82) is 0 Å². The normalized spacial score (nSPS) is 11.1. The lowest BCUT2D eigenvalue weighted by atomic mass is 10.0. The van der Waals surface area contributed by atoms with Gasteiger partial charge in [0.15, 0.2) is 11.6 Å². The Morgan fingerprint density at radius 3 is 2.10 bits per heavy atom. The zero-order valence-corrected chi connectivity index (χ0v) is 11.9. The predicted octanol–water partition coefficient (Wildman–Crippen LogP) is 4.47. The lowest BCUT2D eigenvalue weighted by molar-refractivity contribution is 0.289. The molecular formula is C17H19F2N. The number of rotatable bonds is 5. The van der Waals surface area contributed by atoms with Gasteiger partial charge in [-0.15, -0.1) is 0 Å². The molecule has 0 spiro atoms. The third-order valence-electron chi connectivity index (χ3n) is 3.54. The van der Waals surface area contributed by atoms with Crippen molar-refractivity contribution >= 4 is 0 Å². The first-order chi connectivity index (χ1) is 9.67. The van der Waals surface area contributed by atoms with E-state index in [4.69, 9.17) is 0 Å². The molecule has 0 amide bonds. The second kappa shape index (κ2) is 6.62. The molecule has 2 aromatic carbocycles. The van der Waals surface area contributed by atoms with Gasteiger partial charge >= 0.3 is 0 Å². The zero-order chi connectivity index (χ0) is 14.5. The van der Waals surface area contributed by atoms with E-state index >= 15 is 0 Å². The van der Waals surface area contributed by atoms with Crippen LogP contribution in [-0.4, -0.2) is 18.0 Å². The van der Waals surface area contributed by atoms with Gasteiger partial charge in [-0.2, -0.15) is 0 Å². The van der Waals surface area contributed by atoms with E-state index in [1.807, 2.05) is 32.0 Å². The van der Waals surface area contributed by atoms with Crippen molar-refractivity contribution in [1.82, 2.24) is 4.90 Å². The molecule has 2 rings (SSSR count). The highest BCUT2D eigenvalue weighted by atomic mass is 19.2. The van der Waals surface area contributed by atoms with E-state index in [-0.39, 0.29) is 0 Å². The number of halogens is 2. The summed E-state index contributed by atoms with van der Waals surface area (Å²) in [6.45, 7) is 6.09. The average Bonchev–Trinajstić information content (AvgIpc) is 2.50. The minimum atomic E-state index is -0.763. The molecule has 3 heteroatoms. The molecule has 0 aliphatic carbocycles. The Labute approximate surface area is 118 Å². The van der Waals surface area contributed by atoms with Gasteiger partial charge in [0.1, 0.15) is 0 Å². The van der Waals surface area contributed by atoms with Crippen LogP contribution in [0.1, 0.15) is 19.4 Å². The highest BCUT2D eigenvalue weighted by molar-refractivity contribution is 5.64. The zero-order valence-electron chi connectivity index (χ0n) is 11.9. The Morgan fingerprint density at radius 1 is 0.850 bits per heavy atom. The minimum absolute atomic E-state index is 0.311. The minimum Gasteiger partial charge on any atom is -0.300 e. The smallest absolute Gasteiger partial charge is 0.166 e. The molecule has 2 aromatic rings. The summed E-state index contributed by atoms with van der Waals surface area (Å²) in [5.74, 6) is -1.50. The maximum absolute atomic E-state index is 14.2. The van der Waals surface area contributed by atoms with Gasteiger partial charge in [0.2, 0.25) is 0 Å². The van der Waals surface area contributed by atoms with Crippen LogP contribution in [0.4, 0.5) is 8.78 Å². The number of hydrogen-bond acceptors (Lipinski definition) is 1. The summed E-state index contributed by atoms with van der Waals surface area (Å²) in [7, 11) is 0. The van der Waals surface area contributed by atoms with Crippen LogP contribution in [0.5, 0.6) is 0 Å². The summed E-state index contributed by atoms with van der Waals surface area (Å²) >= 11 is 0. The van der Waals surface area contributed by atoms with Crippen LogP contribution in [0.15, 0.2) is 42.5 Å². The van der Waals surface area contributed by atoms with Crippen molar-refractivity contribution in [3.05, 3.63) is 59.7 Å². The number of hydrogen-bond donors (Lipinski definition) is 0. The third-order valence-corrected chi connectivity index (χ3v) is 3.54. The van der Waals surface area contributed by atoms with Gasteiger partial charge in [0, 0.05) is 17.7 Å². The van der Waals surface area contributed by atoms with E-state index in [0.717, 1.165) is 13.1 Å². The van der Waals surface area contributed by atoms with E-state index in [1.54, 1.807) is 24.3 Å². The van der Waals surface area contributed by atoms with E-state index in [0.29, 0.717) is 23.2 Å². The monoisotopic (exact) mass is 275 g/mol. The summed E-state index contributed by atoms with van der Waals surface area (Å²) in [5, 5.41) is 0. The predicted molar refractivity (Wildman–Crippen MR) is 78.4 cm³/mol. The molecular weight excluding hydrogens is 256 g/mol. The molecule has 0 aliphatic rings. The summed E-state index contributed by atoms with van der Waals surface area (Å²) in [4.78, 5) is 2.06. The Bertz CT molecular complexity index is 563. The molecule has 0 aliphatic heterocycles. The van der Waals surface area contributed by atoms with Gasteiger partial charge in [-0.05, 0) is 18.7 Å². The summed E-state index contributed by atoms with van der Waals surface area (Å²) in [6.07, 6.45) is 0. The molecule has 0 unspecified atom stereocenters. The first-order valence-electron chi connectivity index (χ1n) is 6.92. The highest BCUT2D eigenvalue weighted by Crippen LogP contribution is 2.26. The van der Waals surface area contributed by atoms with E-state index in [1.165, 1.54) is 0 Å². The molecule has 0 atom stereocenters. The van der Waals surface area contributed by atoms with Crippen molar-refractivity contribution in [2.24, 2.45) is 0 Å². The molecule has 1 nitrogen and oxygen atoms in total. The Balaban J connectivity index is 2.35. The maximum Gasteiger partial charge on any atom is 0.166 e. The molecule has 0 saturated carbocycles. The van der Waals surface area contributed by atoms with Crippen LogP contribution in [0, 0.1) is 11.6 Å². The fourth-order valence-corrected chi connectivity index (χ4v) is 2.24. The fraction of sp³-hybridized carbons (Fsp3) is 0.294. The second-order valence-corrected chi connectivity index (χ2v) is 4.73. The van der Waals surface area contributed by atoms with Gasteiger partial charge in [-0.1, -0.05) is 56.3 Å². The number of benzene rings is 2. The lowest BCUT2D eigenvalue weighted by Gasteiger charge is -2.19. The summed E-state index contributed by atoms with van der Waals surface area (Å²) < 4.78 is 28.4. The molecule has 0 N–H and O–H groups in total. The van der Waals surface area contributed by atoms with Crippen LogP contribution in [-0.2, 0) is 6.54 Å². The lowest BCUT2D eigenvalue weighted by Crippen LogP contribution is -2.23. The Kier molecular flexibility index (Phi) is 4.85. The van der Waals surface area contributed by atoms with Gasteiger partial charge in [0.05, 0.1) is 0 Å². The second-order valence-electron chi connectivity index (χ2n) is 4.73. The van der Waals surface area contributed by atoms with Gasteiger partial charge in [0.25, 0.3) is 0 Å². The van der Waals surface area contributed by atoms with Crippen LogP contribution < -0.4 is 0 Å². The standard InChI is InChI=1S/C17H19F2N/c1-3-20(4-2)12-14-10-11-15(17(19)16(14)18)13-8-6-5-7-9-13/h5-11H,3-4,12H2,1-2H3. The first-order valence-corrected chi connectivity index (χ1v) is 6.92. The molecule has 0 aromatic heterocycles. The van der Waals surface area contributed by atoms with E-state index in [2.05, 4.69) is 4.90 Å². The van der Waals surface area contributed by atoms with Crippen molar-refractivity contribution in [3.63, 3.8) is 0 Å².